The first-order valence-corrected chi connectivity index (χ1v) is 5.55. The second-order valence-corrected chi connectivity index (χ2v) is 4.00. The van der Waals surface area contributed by atoms with Gasteiger partial charge >= 0.3 is 6.09 Å². The van der Waals surface area contributed by atoms with Crippen molar-refractivity contribution in [3.8, 4) is 0 Å². The highest BCUT2D eigenvalue weighted by Gasteiger charge is 2.33. The average molecular weight is 252 g/mol. The lowest BCUT2D eigenvalue weighted by Gasteiger charge is -2.13. The smallest absolute Gasteiger partial charge is 0.414 e. The van der Waals surface area contributed by atoms with E-state index in [1.807, 2.05) is 0 Å². The zero-order valence-electron chi connectivity index (χ0n) is 9.85. The number of hydrogen-bond donors (Lipinski definition) is 1. The number of benzene rings is 1. The molecule has 2 rings (SSSR count). The number of carbonyl (C=O) groups is 2. The molecule has 96 valence electrons. The van der Waals surface area contributed by atoms with Gasteiger partial charge in [-0.1, -0.05) is 12.1 Å². The summed E-state index contributed by atoms with van der Waals surface area (Å²) in [5.74, 6) is -0.676. The Labute approximate surface area is 104 Å². The lowest BCUT2D eigenvalue weighted by Crippen LogP contribution is -2.33. The minimum atomic E-state index is -0.601. The summed E-state index contributed by atoms with van der Waals surface area (Å²) >= 11 is 0. The molecule has 0 aromatic heterocycles. The van der Waals surface area contributed by atoms with Crippen molar-refractivity contribution < 1.29 is 18.7 Å². The molecule has 1 saturated heterocycles. The molecular formula is C12H13FN2O3. The van der Waals surface area contributed by atoms with E-state index < -0.39 is 18.0 Å². The van der Waals surface area contributed by atoms with Gasteiger partial charge in [-0.3, -0.25) is 9.69 Å². The van der Waals surface area contributed by atoms with E-state index in [4.69, 9.17) is 4.74 Å². The molecule has 1 aromatic carbocycles. The van der Waals surface area contributed by atoms with E-state index in [0.29, 0.717) is 0 Å². The highest BCUT2D eigenvalue weighted by Crippen LogP contribution is 2.23. The van der Waals surface area contributed by atoms with E-state index in [-0.39, 0.29) is 24.7 Å². The number of halogens is 1. The lowest BCUT2D eigenvalue weighted by molar-refractivity contribution is -0.119. The van der Waals surface area contributed by atoms with Gasteiger partial charge in [0.05, 0.1) is 18.8 Å². The van der Waals surface area contributed by atoms with Crippen LogP contribution in [0.15, 0.2) is 24.3 Å². The number of rotatable bonds is 3. The van der Waals surface area contributed by atoms with Crippen LogP contribution in [0, 0.1) is 5.82 Å². The van der Waals surface area contributed by atoms with Crippen molar-refractivity contribution in [3.63, 3.8) is 0 Å². The van der Waals surface area contributed by atoms with Gasteiger partial charge in [-0.2, -0.15) is 0 Å². The Balaban J connectivity index is 2.06. The maximum atomic E-state index is 13.5. The van der Waals surface area contributed by atoms with Crippen molar-refractivity contribution in [1.29, 1.82) is 0 Å². The molecule has 0 aliphatic carbocycles. The third kappa shape index (κ3) is 2.58. The number of hydrogen-bond acceptors (Lipinski definition) is 3. The summed E-state index contributed by atoms with van der Waals surface area (Å²) in [5, 5.41) is 2.56. The van der Waals surface area contributed by atoms with Gasteiger partial charge < -0.3 is 10.1 Å². The van der Waals surface area contributed by atoms with Crippen molar-refractivity contribution >= 4 is 17.7 Å². The molecule has 1 aromatic rings. The molecule has 1 heterocycles. The number of nitrogens with one attached hydrogen (secondary N) is 1. The first-order valence-electron chi connectivity index (χ1n) is 5.55. The van der Waals surface area contributed by atoms with Crippen LogP contribution in [-0.2, 0) is 9.53 Å². The SMILES string of the molecule is CC(=O)NCC1CN(c2ccccc2F)C(=O)O1. The zero-order chi connectivity index (χ0) is 13.1. The summed E-state index contributed by atoms with van der Waals surface area (Å²) in [6, 6.07) is 5.99. The van der Waals surface area contributed by atoms with Crippen molar-refractivity contribution in [2.45, 2.75) is 13.0 Å². The first kappa shape index (κ1) is 12.3. The standard InChI is InChI=1S/C12H13FN2O3/c1-8(16)14-6-9-7-15(12(17)18-9)11-5-3-2-4-10(11)13/h2-5,9H,6-7H2,1H3,(H,14,16). The molecule has 1 unspecified atom stereocenters. The third-order valence-electron chi connectivity index (χ3n) is 2.60. The monoisotopic (exact) mass is 252 g/mol. The number of anilines is 1. The predicted octanol–water partition coefficient (Wildman–Crippen LogP) is 1.29. The van der Waals surface area contributed by atoms with Crippen LogP contribution in [0.5, 0.6) is 0 Å². The number of para-hydroxylation sites is 1. The molecule has 0 spiro atoms. The van der Waals surface area contributed by atoms with Gasteiger partial charge in [-0.15, -0.1) is 0 Å². The predicted molar refractivity (Wildman–Crippen MR) is 62.7 cm³/mol. The summed E-state index contributed by atoms with van der Waals surface area (Å²) in [5.41, 5.74) is 0.188. The largest absolute Gasteiger partial charge is 0.442 e. The molecule has 1 atom stereocenters. The fourth-order valence-corrected chi connectivity index (χ4v) is 1.75. The van der Waals surface area contributed by atoms with Crippen molar-refractivity contribution in [2.24, 2.45) is 0 Å². The van der Waals surface area contributed by atoms with Crippen LogP contribution in [0.2, 0.25) is 0 Å². The molecule has 18 heavy (non-hydrogen) atoms. The Bertz CT molecular complexity index is 478. The van der Waals surface area contributed by atoms with Crippen molar-refractivity contribution in [3.05, 3.63) is 30.1 Å². The highest BCUT2D eigenvalue weighted by molar-refractivity contribution is 5.89. The molecular weight excluding hydrogens is 239 g/mol. The van der Waals surface area contributed by atoms with E-state index in [1.165, 1.54) is 24.0 Å². The number of ether oxygens (including phenoxy) is 1. The minimum absolute atomic E-state index is 0.188. The maximum absolute atomic E-state index is 13.5. The number of carbonyl (C=O) groups excluding carboxylic acids is 2. The fraction of sp³-hybridized carbons (Fsp3) is 0.333. The van der Waals surface area contributed by atoms with E-state index in [9.17, 15) is 14.0 Å². The maximum Gasteiger partial charge on any atom is 0.414 e. The Morgan fingerprint density at radius 3 is 2.94 bits per heavy atom. The van der Waals surface area contributed by atoms with Gasteiger partial charge in [0.2, 0.25) is 5.91 Å². The summed E-state index contributed by atoms with van der Waals surface area (Å²) in [6.45, 7) is 1.83. The number of nitrogens with zero attached hydrogens (tertiary/aromatic N) is 1. The van der Waals surface area contributed by atoms with Crippen LogP contribution in [0.3, 0.4) is 0 Å². The summed E-state index contributed by atoms with van der Waals surface area (Å²) in [6.07, 6.45) is -1.06. The average Bonchev–Trinajstić information content (AvgIpc) is 2.69. The molecule has 1 N–H and O–H groups in total. The van der Waals surface area contributed by atoms with Gasteiger partial charge in [0.15, 0.2) is 0 Å². The van der Waals surface area contributed by atoms with Crippen LogP contribution >= 0.6 is 0 Å². The molecule has 0 saturated carbocycles. The van der Waals surface area contributed by atoms with E-state index in [0.717, 1.165) is 0 Å². The molecule has 1 aliphatic heterocycles. The molecule has 1 aliphatic rings. The van der Waals surface area contributed by atoms with Gasteiger partial charge in [0.25, 0.3) is 0 Å². The molecule has 1 fully saturated rings. The van der Waals surface area contributed by atoms with Gasteiger partial charge in [0.1, 0.15) is 11.9 Å². The highest BCUT2D eigenvalue weighted by atomic mass is 19.1. The van der Waals surface area contributed by atoms with E-state index in [2.05, 4.69) is 5.32 Å². The van der Waals surface area contributed by atoms with Crippen LogP contribution in [0.25, 0.3) is 0 Å². The Morgan fingerprint density at radius 2 is 2.28 bits per heavy atom. The van der Waals surface area contributed by atoms with Gasteiger partial charge in [-0.25, -0.2) is 9.18 Å². The molecule has 5 nitrogen and oxygen atoms in total. The normalized spacial score (nSPS) is 18.7. The van der Waals surface area contributed by atoms with Crippen LogP contribution < -0.4 is 10.2 Å². The van der Waals surface area contributed by atoms with E-state index in [1.54, 1.807) is 12.1 Å². The van der Waals surface area contributed by atoms with Crippen molar-refractivity contribution in [1.82, 2.24) is 5.32 Å². The van der Waals surface area contributed by atoms with Crippen LogP contribution in [0.4, 0.5) is 14.9 Å². The van der Waals surface area contributed by atoms with E-state index >= 15 is 0 Å². The minimum Gasteiger partial charge on any atom is -0.442 e. The first-order chi connectivity index (χ1) is 8.58. The Hall–Kier alpha value is -2.11. The van der Waals surface area contributed by atoms with Crippen LogP contribution in [0.1, 0.15) is 6.92 Å². The Kier molecular flexibility index (Phi) is 3.45. The van der Waals surface area contributed by atoms with Crippen molar-refractivity contribution in [2.75, 3.05) is 18.0 Å². The molecule has 0 bridgehead atoms. The number of cyclic esters (lactones) is 1. The summed E-state index contributed by atoms with van der Waals surface area (Å²) in [7, 11) is 0. The molecule has 0 radical (unpaired) electrons. The van der Waals surface area contributed by atoms with Crippen LogP contribution in [-0.4, -0.2) is 31.2 Å². The topological polar surface area (TPSA) is 58.6 Å². The summed E-state index contributed by atoms with van der Waals surface area (Å²) < 4.78 is 18.6. The Morgan fingerprint density at radius 1 is 1.56 bits per heavy atom. The van der Waals surface area contributed by atoms with Gasteiger partial charge in [0, 0.05) is 6.92 Å². The quantitative estimate of drug-likeness (QED) is 0.881. The zero-order valence-corrected chi connectivity index (χ0v) is 9.85. The third-order valence-corrected chi connectivity index (χ3v) is 2.60. The lowest BCUT2D eigenvalue weighted by atomic mass is 10.2. The van der Waals surface area contributed by atoms with Gasteiger partial charge in [-0.05, 0) is 12.1 Å². The summed E-state index contributed by atoms with van der Waals surface area (Å²) in [4.78, 5) is 23.6. The molecule has 6 heteroatoms. The second-order valence-electron chi connectivity index (χ2n) is 4.00. The fourth-order valence-electron chi connectivity index (χ4n) is 1.75. The number of amides is 2. The molecule has 2 amide bonds. The second kappa shape index (κ2) is 5.03.